The Morgan fingerprint density at radius 1 is 1.56 bits per heavy atom. The van der Waals surface area contributed by atoms with Crippen molar-refractivity contribution in [2.24, 2.45) is 5.84 Å². The number of nitrogen functional groups attached to an aromatic ring is 1. The number of nitrogens with zero attached hydrogens (tertiary/aromatic N) is 1. The molecule has 18 heavy (non-hydrogen) atoms. The lowest BCUT2D eigenvalue weighted by atomic mass is 10.2. The third-order valence-electron chi connectivity index (χ3n) is 2.50. The van der Waals surface area contributed by atoms with Crippen molar-refractivity contribution in [1.29, 1.82) is 0 Å². The molecule has 4 N–H and O–H groups in total. The maximum absolute atomic E-state index is 12.0. The molecule has 0 saturated carbocycles. The number of pyridine rings is 1. The topological polar surface area (TPSA) is 89.3 Å². The van der Waals surface area contributed by atoms with Gasteiger partial charge in [-0.2, -0.15) is 0 Å². The quantitative estimate of drug-likeness (QED) is 0.515. The molecule has 1 aromatic rings. The van der Waals surface area contributed by atoms with Gasteiger partial charge in [-0.1, -0.05) is 0 Å². The molecule has 0 fully saturated rings. The van der Waals surface area contributed by atoms with Crippen LogP contribution in [0.4, 0.5) is 5.82 Å². The Hall–Kier alpha value is -1.66. The van der Waals surface area contributed by atoms with Crippen LogP contribution in [0.15, 0.2) is 12.1 Å². The van der Waals surface area contributed by atoms with Gasteiger partial charge in [0.2, 0.25) is 0 Å². The van der Waals surface area contributed by atoms with E-state index in [1.54, 1.807) is 19.2 Å². The molecular formula is C12H20N4O2. The summed E-state index contributed by atoms with van der Waals surface area (Å²) in [4.78, 5) is 16.1. The molecule has 6 heteroatoms. The number of hydrazine groups is 1. The molecular weight excluding hydrogens is 232 g/mol. The van der Waals surface area contributed by atoms with Crippen molar-refractivity contribution in [2.45, 2.75) is 26.3 Å². The summed E-state index contributed by atoms with van der Waals surface area (Å²) in [5.74, 6) is 5.63. The Balaban J connectivity index is 2.68. The predicted octanol–water partition coefficient (Wildman–Crippen LogP) is 0.830. The number of anilines is 1. The van der Waals surface area contributed by atoms with Gasteiger partial charge in [0.15, 0.2) is 0 Å². The summed E-state index contributed by atoms with van der Waals surface area (Å²) in [5.41, 5.74) is 3.72. The number of amides is 1. The van der Waals surface area contributed by atoms with E-state index in [9.17, 15) is 4.79 Å². The number of nitrogens with one attached hydrogen (secondary N) is 2. The van der Waals surface area contributed by atoms with Crippen molar-refractivity contribution in [3.8, 4) is 0 Å². The van der Waals surface area contributed by atoms with Gasteiger partial charge < -0.3 is 15.5 Å². The number of nitrogens with two attached hydrogens (primary N) is 1. The van der Waals surface area contributed by atoms with Gasteiger partial charge in [0, 0.05) is 31.0 Å². The van der Waals surface area contributed by atoms with E-state index in [2.05, 4.69) is 15.7 Å². The molecule has 1 atom stereocenters. The second-order valence-corrected chi connectivity index (χ2v) is 4.18. The number of hydrogen-bond acceptors (Lipinski definition) is 5. The van der Waals surface area contributed by atoms with E-state index >= 15 is 0 Å². The summed E-state index contributed by atoms with van der Waals surface area (Å²) in [7, 11) is 1.64. The molecule has 0 saturated heterocycles. The average Bonchev–Trinajstić information content (AvgIpc) is 2.35. The first-order valence-electron chi connectivity index (χ1n) is 5.82. The van der Waals surface area contributed by atoms with E-state index in [0.29, 0.717) is 18.0 Å². The van der Waals surface area contributed by atoms with Gasteiger partial charge in [-0.15, -0.1) is 0 Å². The third kappa shape index (κ3) is 4.31. The highest BCUT2D eigenvalue weighted by atomic mass is 16.5. The molecule has 0 aliphatic rings. The molecule has 0 spiro atoms. The lowest BCUT2D eigenvalue weighted by Gasteiger charge is -2.14. The van der Waals surface area contributed by atoms with Crippen molar-refractivity contribution in [2.75, 3.05) is 19.1 Å². The summed E-state index contributed by atoms with van der Waals surface area (Å²) < 4.78 is 4.97. The normalized spacial score (nSPS) is 12.0. The molecule has 1 rings (SSSR count). The molecule has 6 nitrogen and oxygen atoms in total. The average molecular weight is 252 g/mol. The largest absolute Gasteiger partial charge is 0.385 e. The van der Waals surface area contributed by atoms with E-state index < -0.39 is 0 Å². The minimum Gasteiger partial charge on any atom is -0.385 e. The summed E-state index contributed by atoms with van der Waals surface area (Å²) in [5, 5.41) is 2.89. The fourth-order valence-corrected chi connectivity index (χ4v) is 1.55. The molecule has 1 heterocycles. The van der Waals surface area contributed by atoms with Crippen molar-refractivity contribution >= 4 is 11.7 Å². The number of rotatable bonds is 6. The Kier molecular flexibility index (Phi) is 5.54. The molecule has 1 amide bonds. The molecule has 100 valence electrons. The van der Waals surface area contributed by atoms with E-state index in [1.807, 2.05) is 13.8 Å². The molecule has 0 aliphatic carbocycles. The van der Waals surface area contributed by atoms with Crippen LogP contribution in [0.25, 0.3) is 0 Å². The zero-order chi connectivity index (χ0) is 13.5. The zero-order valence-corrected chi connectivity index (χ0v) is 11.0. The molecule has 1 aromatic heterocycles. The summed E-state index contributed by atoms with van der Waals surface area (Å²) in [6, 6.07) is 3.39. The van der Waals surface area contributed by atoms with Gasteiger partial charge in [0.1, 0.15) is 5.82 Å². The van der Waals surface area contributed by atoms with Crippen molar-refractivity contribution in [3.63, 3.8) is 0 Å². The zero-order valence-electron chi connectivity index (χ0n) is 11.0. The first kappa shape index (κ1) is 14.4. The van der Waals surface area contributed by atoms with Crippen molar-refractivity contribution < 1.29 is 9.53 Å². The maximum Gasteiger partial charge on any atom is 0.251 e. The van der Waals surface area contributed by atoms with E-state index in [0.717, 1.165) is 12.1 Å². The van der Waals surface area contributed by atoms with Crippen LogP contribution in [0.5, 0.6) is 0 Å². The standard InChI is InChI=1S/C12H20N4O2/c1-8(4-5-18-3)15-12(17)10-6-9(2)14-11(7-10)16-13/h6-8H,4-5,13H2,1-3H3,(H,14,16)(H,15,17). The molecule has 0 aromatic carbocycles. The van der Waals surface area contributed by atoms with E-state index in [4.69, 9.17) is 10.6 Å². The van der Waals surface area contributed by atoms with Gasteiger partial charge in [-0.25, -0.2) is 10.8 Å². The summed E-state index contributed by atoms with van der Waals surface area (Å²) in [6.45, 7) is 4.37. The number of carbonyl (C=O) groups is 1. The number of ether oxygens (including phenoxy) is 1. The van der Waals surface area contributed by atoms with Gasteiger partial charge in [-0.05, 0) is 32.4 Å². The minimum absolute atomic E-state index is 0.0557. The fourth-order valence-electron chi connectivity index (χ4n) is 1.55. The number of carbonyl (C=O) groups excluding carboxylic acids is 1. The first-order chi connectivity index (χ1) is 8.56. The number of aryl methyl sites for hydroxylation is 1. The highest BCUT2D eigenvalue weighted by Crippen LogP contribution is 2.09. The second-order valence-electron chi connectivity index (χ2n) is 4.18. The van der Waals surface area contributed by atoms with Crippen LogP contribution >= 0.6 is 0 Å². The Labute approximate surface area is 107 Å². The van der Waals surface area contributed by atoms with E-state index in [-0.39, 0.29) is 11.9 Å². The molecule has 1 unspecified atom stereocenters. The lowest BCUT2D eigenvalue weighted by molar-refractivity contribution is 0.0929. The van der Waals surface area contributed by atoms with Crippen LogP contribution < -0.4 is 16.6 Å². The second kappa shape index (κ2) is 6.93. The number of aromatic nitrogens is 1. The third-order valence-corrected chi connectivity index (χ3v) is 2.50. The predicted molar refractivity (Wildman–Crippen MR) is 70.2 cm³/mol. The van der Waals surface area contributed by atoms with Gasteiger partial charge >= 0.3 is 0 Å². The smallest absolute Gasteiger partial charge is 0.251 e. The molecule has 0 aliphatic heterocycles. The van der Waals surface area contributed by atoms with Crippen LogP contribution in [0.3, 0.4) is 0 Å². The lowest BCUT2D eigenvalue weighted by Crippen LogP contribution is -2.33. The Bertz CT molecular complexity index is 409. The highest BCUT2D eigenvalue weighted by Gasteiger charge is 2.11. The van der Waals surface area contributed by atoms with Crippen LogP contribution in [0.1, 0.15) is 29.4 Å². The first-order valence-corrected chi connectivity index (χ1v) is 5.82. The van der Waals surface area contributed by atoms with Crippen LogP contribution in [0, 0.1) is 6.92 Å². The summed E-state index contributed by atoms with van der Waals surface area (Å²) in [6.07, 6.45) is 0.772. The van der Waals surface area contributed by atoms with Gasteiger partial charge in [0.05, 0.1) is 0 Å². The van der Waals surface area contributed by atoms with E-state index in [1.165, 1.54) is 0 Å². The monoisotopic (exact) mass is 252 g/mol. The van der Waals surface area contributed by atoms with Crippen LogP contribution in [-0.2, 0) is 4.74 Å². The summed E-state index contributed by atoms with van der Waals surface area (Å²) >= 11 is 0. The highest BCUT2D eigenvalue weighted by molar-refractivity contribution is 5.95. The molecule has 0 bridgehead atoms. The van der Waals surface area contributed by atoms with Crippen molar-refractivity contribution in [1.82, 2.24) is 10.3 Å². The Morgan fingerprint density at radius 2 is 2.28 bits per heavy atom. The molecule has 0 radical (unpaired) electrons. The maximum atomic E-state index is 12.0. The van der Waals surface area contributed by atoms with Crippen molar-refractivity contribution in [3.05, 3.63) is 23.4 Å². The SMILES string of the molecule is COCCC(C)NC(=O)c1cc(C)nc(NN)c1. The Morgan fingerprint density at radius 3 is 2.89 bits per heavy atom. The number of methoxy groups -OCH3 is 1. The fraction of sp³-hybridized carbons (Fsp3) is 0.500. The minimum atomic E-state index is -0.138. The number of hydrogen-bond donors (Lipinski definition) is 3. The van der Waals surface area contributed by atoms with Gasteiger partial charge in [-0.3, -0.25) is 4.79 Å². The van der Waals surface area contributed by atoms with Crippen LogP contribution in [0.2, 0.25) is 0 Å². The van der Waals surface area contributed by atoms with Gasteiger partial charge in [0.25, 0.3) is 5.91 Å². The van der Waals surface area contributed by atoms with Crippen LogP contribution in [-0.4, -0.2) is 30.6 Å².